The molecule has 1 aromatic carbocycles. The summed E-state index contributed by atoms with van der Waals surface area (Å²) in [6.07, 6.45) is 7.00. The molecule has 0 aliphatic carbocycles. The molecule has 0 unspecified atom stereocenters. The van der Waals surface area contributed by atoms with E-state index in [-0.39, 0.29) is 0 Å². The van der Waals surface area contributed by atoms with Gasteiger partial charge in [-0.1, -0.05) is 18.0 Å². The Morgan fingerprint density at radius 2 is 1.68 bits per heavy atom. The van der Waals surface area contributed by atoms with Crippen molar-refractivity contribution in [2.45, 2.75) is 25.7 Å². The largest absolute Gasteiger partial charge is 0.403 e. The number of anilines is 1. The second kappa shape index (κ2) is 6.68. The fourth-order valence-electron chi connectivity index (χ4n) is 2.78. The van der Waals surface area contributed by atoms with Gasteiger partial charge in [-0.15, -0.1) is 4.68 Å². The quantitative estimate of drug-likeness (QED) is 0.646. The first-order valence-electron chi connectivity index (χ1n) is 7.88. The average molecular weight is 299 g/mol. The van der Waals surface area contributed by atoms with E-state index in [0.29, 0.717) is 0 Å². The molecule has 2 aromatic rings. The minimum Gasteiger partial charge on any atom is -0.372 e. The maximum Gasteiger partial charge on any atom is 0.403 e. The van der Waals surface area contributed by atoms with E-state index in [4.69, 9.17) is 0 Å². The van der Waals surface area contributed by atoms with Gasteiger partial charge in [0.25, 0.3) is 0 Å². The van der Waals surface area contributed by atoms with Gasteiger partial charge in [-0.2, -0.15) is 0 Å². The highest BCUT2D eigenvalue weighted by molar-refractivity contribution is 5.52. The number of rotatable bonds is 3. The van der Waals surface area contributed by atoms with E-state index in [9.17, 15) is 0 Å². The fourth-order valence-corrected chi connectivity index (χ4v) is 2.78. The van der Waals surface area contributed by atoms with Crippen LogP contribution in [-0.4, -0.2) is 22.9 Å². The first-order valence-corrected chi connectivity index (χ1v) is 7.88. The maximum absolute atomic E-state index is 4.30. The van der Waals surface area contributed by atoms with Gasteiger partial charge < -0.3 is 4.90 Å². The van der Waals surface area contributed by atoms with E-state index >= 15 is 0 Å². The summed E-state index contributed by atoms with van der Waals surface area (Å²) in [7, 11) is 3.76. The summed E-state index contributed by atoms with van der Waals surface area (Å²) < 4.78 is 3.55. The Labute approximate surface area is 131 Å². The molecule has 0 atom stereocenters. The van der Waals surface area contributed by atoms with Gasteiger partial charge in [0.1, 0.15) is 0 Å². The number of benzene rings is 1. The molecule has 1 fully saturated rings. The summed E-state index contributed by atoms with van der Waals surface area (Å²) in [6, 6.07) is 8.34. The van der Waals surface area contributed by atoms with Gasteiger partial charge in [0.15, 0.2) is 0 Å². The summed E-state index contributed by atoms with van der Waals surface area (Å²) in [4.78, 5) is 2.47. The lowest BCUT2D eigenvalue weighted by Crippen LogP contribution is -2.25. The molecule has 1 saturated heterocycles. The highest BCUT2D eigenvalue weighted by atomic mass is 15.4. The van der Waals surface area contributed by atoms with Crippen LogP contribution in [0.15, 0.2) is 40.8 Å². The van der Waals surface area contributed by atoms with Crippen LogP contribution in [-0.2, 0) is 14.1 Å². The van der Waals surface area contributed by atoms with E-state index in [0.717, 1.165) is 24.7 Å². The molecular weight excluding hydrogens is 276 g/mol. The molecule has 1 aliphatic rings. The Kier molecular flexibility index (Phi) is 4.46. The monoisotopic (exact) mass is 299 g/mol. The second-order valence-corrected chi connectivity index (χ2v) is 5.78. The molecule has 116 valence electrons. The highest BCUT2D eigenvalue weighted by Crippen LogP contribution is 2.23. The summed E-state index contributed by atoms with van der Waals surface area (Å²) in [5.74, 6) is 0.719. The second-order valence-electron chi connectivity index (χ2n) is 5.78. The van der Waals surface area contributed by atoms with Crippen LogP contribution >= 0.6 is 0 Å². The van der Waals surface area contributed by atoms with Crippen molar-refractivity contribution in [3.8, 4) is 0 Å². The van der Waals surface area contributed by atoms with Crippen molar-refractivity contribution in [1.29, 1.82) is 0 Å². The first kappa shape index (κ1) is 14.7. The Hall–Kier alpha value is -2.24. The molecule has 0 amide bonds. The third-order valence-corrected chi connectivity index (χ3v) is 4.08. The van der Waals surface area contributed by atoms with Crippen molar-refractivity contribution in [2.75, 3.05) is 18.0 Å². The standard InChI is InChI=1S/C16H23N6/c1-20-13-17-21(2)16(20)19-18-14-7-9-15(10-8-14)22-11-5-3-4-6-12-22/h7-10,13H,3-6,11-12H2,1-2H3/q+1. The number of azo groups is 1. The molecule has 6 heteroatoms. The summed E-state index contributed by atoms with van der Waals surface area (Å²) in [5.41, 5.74) is 2.15. The van der Waals surface area contributed by atoms with Gasteiger partial charge >= 0.3 is 5.95 Å². The van der Waals surface area contributed by atoms with Crippen molar-refractivity contribution >= 4 is 17.3 Å². The Balaban J connectivity index is 1.71. The van der Waals surface area contributed by atoms with Crippen molar-refractivity contribution in [2.24, 2.45) is 24.3 Å². The molecule has 0 bridgehead atoms. The molecule has 3 rings (SSSR count). The van der Waals surface area contributed by atoms with Gasteiger partial charge in [0.2, 0.25) is 6.33 Å². The van der Waals surface area contributed by atoms with Crippen molar-refractivity contribution in [3.63, 3.8) is 0 Å². The zero-order valence-electron chi connectivity index (χ0n) is 13.3. The number of hydrogen-bond donors (Lipinski definition) is 0. The van der Waals surface area contributed by atoms with Crippen LogP contribution in [0.4, 0.5) is 17.3 Å². The molecule has 0 radical (unpaired) electrons. The van der Waals surface area contributed by atoms with E-state index in [1.54, 1.807) is 11.0 Å². The van der Waals surface area contributed by atoms with E-state index in [1.165, 1.54) is 31.4 Å². The smallest absolute Gasteiger partial charge is 0.372 e. The minimum absolute atomic E-state index is 0.719. The third kappa shape index (κ3) is 3.32. The van der Waals surface area contributed by atoms with Crippen LogP contribution in [0.2, 0.25) is 0 Å². The average Bonchev–Trinajstić information content (AvgIpc) is 2.74. The van der Waals surface area contributed by atoms with Gasteiger partial charge in [0.05, 0.1) is 19.8 Å². The van der Waals surface area contributed by atoms with Crippen LogP contribution in [0, 0.1) is 0 Å². The predicted molar refractivity (Wildman–Crippen MR) is 85.7 cm³/mol. The molecule has 1 aliphatic heterocycles. The summed E-state index contributed by atoms with van der Waals surface area (Å²) in [6.45, 7) is 2.32. The number of hydrogen-bond acceptors (Lipinski definition) is 4. The van der Waals surface area contributed by atoms with Crippen LogP contribution in [0.3, 0.4) is 0 Å². The molecule has 0 saturated carbocycles. The number of aromatic nitrogens is 3. The van der Waals surface area contributed by atoms with Gasteiger partial charge in [-0.25, -0.2) is 4.57 Å². The zero-order chi connectivity index (χ0) is 15.4. The Morgan fingerprint density at radius 1 is 1.00 bits per heavy atom. The highest BCUT2D eigenvalue weighted by Gasteiger charge is 2.12. The summed E-state index contributed by atoms with van der Waals surface area (Å²) in [5, 5.41) is 12.7. The lowest BCUT2D eigenvalue weighted by atomic mass is 10.2. The van der Waals surface area contributed by atoms with Crippen LogP contribution in [0.5, 0.6) is 0 Å². The molecule has 6 nitrogen and oxygen atoms in total. The van der Waals surface area contributed by atoms with Crippen molar-refractivity contribution in [1.82, 2.24) is 9.78 Å². The fraction of sp³-hybridized carbons (Fsp3) is 0.500. The third-order valence-electron chi connectivity index (χ3n) is 4.08. The molecule has 0 spiro atoms. The van der Waals surface area contributed by atoms with Crippen LogP contribution < -0.4 is 9.47 Å². The van der Waals surface area contributed by atoms with Crippen molar-refractivity contribution in [3.05, 3.63) is 30.6 Å². The lowest BCUT2D eigenvalue weighted by molar-refractivity contribution is -0.659. The van der Waals surface area contributed by atoms with Gasteiger partial charge in [0, 0.05) is 23.9 Å². The lowest BCUT2D eigenvalue weighted by Gasteiger charge is -2.22. The first-order chi connectivity index (χ1) is 10.7. The summed E-state index contributed by atoms with van der Waals surface area (Å²) >= 11 is 0. The number of aryl methyl sites for hydroxylation is 2. The predicted octanol–water partition coefficient (Wildman–Crippen LogP) is 3.04. The van der Waals surface area contributed by atoms with Crippen LogP contribution in [0.25, 0.3) is 0 Å². The maximum atomic E-state index is 4.30. The minimum atomic E-state index is 0.719. The normalized spacial score (nSPS) is 16.2. The van der Waals surface area contributed by atoms with Crippen LogP contribution in [0.1, 0.15) is 25.7 Å². The molecule has 0 N–H and O–H groups in total. The molecule has 1 aromatic heterocycles. The topological polar surface area (TPSA) is 49.7 Å². The van der Waals surface area contributed by atoms with Gasteiger partial charge in [-0.3, -0.25) is 0 Å². The zero-order valence-corrected chi connectivity index (χ0v) is 13.3. The molecular formula is C16H23N6+. The van der Waals surface area contributed by atoms with E-state index < -0.39 is 0 Å². The Morgan fingerprint density at radius 3 is 2.27 bits per heavy atom. The number of nitrogens with zero attached hydrogens (tertiary/aromatic N) is 6. The van der Waals surface area contributed by atoms with E-state index in [2.05, 4.69) is 32.4 Å². The Bertz CT molecular complexity index is 616. The molecule has 22 heavy (non-hydrogen) atoms. The molecule has 2 heterocycles. The SMILES string of the molecule is Cn1nc[n+](C)c1N=Nc1ccc(N2CCCCCC2)cc1. The van der Waals surface area contributed by atoms with Gasteiger partial charge in [-0.05, 0) is 42.2 Å². The van der Waals surface area contributed by atoms with E-state index in [1.807, 2.05) is 30.8 Å². The van der Waals surface area contributed by atoms with Crippen molar-refractivity contribution < 1.29 is 4.57 Å².